The van der Waals surface area contributed by atoms with E-state index in [9.17, 15) is 19.5 Å². The molecule has 1 aliphatic carbocycles. The van der Waals surface area contributed by atoms with Gasteiger partial charge in [0.15, 0.2) is 0 Å². The van der Waals surface area contributed by atoms with Crippen molar-refractivity contribution in [3.05, 3.63) is 65.4 Å². The van der Waals surface area contributed by atoms with Crippen molar-refractivity contribution in [2.45, 2.75) is 32.6 Å². The molecule has 0 spiro atoms. The highest BCUT2D eigenvalue weighted by atomic mass is 16.4. The largest absolute Gasteiger partial charge is 0.481 e. The summed E-state index contributed by atoms with van der Waals surface area (Å²) in [6.07, 6.45) is 12.0. The number of hydrogen-bond acceptors (Lipinski definition) is 3. The van der Waals surface area contributed by atoms with Crippen molar-refractivity contribution in [3.63, 3.8) is 0 Å². The van der Waals surface area contributed by atoms with E-state index >= 15 is 0 Å². The Morgan fingerprint density at radius 1 is 1.14 bits per heavy atom. The standard InChI is InChI=1S/C23H23NO5/c1-15-5-2-3-6-16(15)9-10-17-7-4-8-19-23(17)18(13-22(28)29)14-24(19)20(25)11-12-21(26)27/h2-4,6-10,14-15H,5,11-13H2,1H3,(H,26,27)(H,28,29)/b10-9+. The highest BCUT2D eigenvalue weighted by Crippen LogP contribution is 2.29. The summed E-state index contributed by atoms with van der Waals surface area (Å²) < 4.78 is 1.37. The molecule has 1 aromatic carbocycles. The second kappa shape index (κ2) is 8.73. The van der Waals surface area contributed by atoms with Gasteiger partial charge in [-0.2, -0.15) is 0 Å². The third-order valence-corrected chi connectivity index (χ3v) is 5.04. The van der Waals surface area contributed by atoms with E-state index in [2.05, 4.69) is 19.1 Å². The summed E-state index contributed by atoms with van der Waals surface area (Å²) >= 11 is 0. The summed E-state index contributed by atoms with van der Waals surface area (Å²) in [6.45, 7) is 2.15. The molecule has 150 valence electrons. The Balaban J connectivity index is 2.05. The van der Waals surface area contributed by atoms with Crippen molar-refractivity contribution >= 4 is 34.8 Å². The van der Waals surface area contributed by atoms with Gasteiger partial charge in [-0.1, -0.05) is 49.4 Å². The smallest absolute Gasteiger partial charge is 0.307 e. The minimum atomic E-state index is -1.05. The van der Waals surface area contributed by atoms with Crippen LogP contribution in [0.5, 0.6) is 0 Å². The molecule has 0 saturated carbocycles. The van der Waals surface area contributed by atoms with Crippen LogP contribution < -0.4 is 0 Å². The Labute approximate surface area is 168 Å². The van der Waals surface area contributed by atoms with Crippen molar-refractivity contribution in [1.82, 2.24) is 4.57 Å². The molecule has 0 fully saturated rings. The van der Waals surface area contributed by atoms with Crippen LogP contribution in [0.15, 0.2) is 54.3 Å². The maximum atomic E-state index is 12.5. The van der Waals surface area contributed by atoms with Crippen molar-refractivity contribution in [1.29, 1.82) is 0 Å². The number of hydrogen-bond donors (Lipinski definition) is 2. The second-order valence-corrected chi connectivity index (χ2v) is 7.19. The van der Waals surface area contributed by atoms with E-state index in [-0.39, 0.29) is 25.2 Å². The van der Waals surface area contributed by atoms with Gasteiger partial charge >= 0.3 is 11.9 Å². The number of carboxylic acids is 2. The van der Waals surface area contributed by atoms with Crippen LogP contribution in [-0.4, -0.2) is 32.6 Å². The number of rotatable bonds is 7. The summed E-state index contributed by atoms with van der Waals surface area (Å²) in [5.74, 6) is -2.01. The quantitative estimate of drug-likeness (QED) is 0.731. The first-order valence-corrected chi connectivity index (χ1v) is 9.51. The second-order valence-electron chi connectivity index (χ2n) is 7.19. The van der Waals surface area contributed by atoms with E-state index in [1.54, 1.807) is 6.07 Å². The molecule has 2 aromatic rings. The lowest BCUT2D eigenvalue weighted by Crippen LogP contribution is -2.11. The predicted octanol–water partition coefficient (Wildman–Crippen LogP) is 4.31. The maximum absolute atomic E-state index is 12.5. The van der Waals surface area contributed by atoms with Crippen LogP contribution in [0.3, 0.4) is 0 Å². The summed E-state index contributed by atoms with van der Waals surface area (Å²) in [6, 6.07) is 5.45. The molecule has 1 heterocycles. The lowest BCUT2D eigenvalue weighted by Gasteiger charge is -2.13. The predicted molar refractivity (Wildman–Crippen MR) is 111 cm³/mol. The Morgan fingerprint density at radius 2 is 1.93 bits per heavy atom. The number of carbonyl (C=O) groups is 3. The van der Waals surface area contributed by atoms with Gasteiger partial charge in [-0.25, -0.2) is 0 Å². The molecule has 1 unspecified atom stereocenters. The van der Waals surface area contributed by atoms with Crippen LogP contribution in [0, 0.1) is 5.92 Å². The van der Waals surface area contributed by atoms with Gasteiger partial charge in [0, 0.05) is 18.0 Å². The van der Waals surface area contributed by atoms with E-state index < -0.39 is 11.9 Å². The molecule has 29 heavy (non-hydrogen) atoms. The molecular weight excluding hydrogens is 370 g/mol. The number of aliphatic carboxylic acids is 2. The first-order valence-electron chi connectivity index (χ1n) is 9.51. The SMILES string of the molecule is CC1CC=CC=C1/C=C/c1cccc2c1c(CC(=O)O)cn2C(=O)CCC(=O)O. The summed E-state index contributed by atoms with van der Waals surface area (Å²) in [5, 5.41) is 18.9. The number of allylic oxidation sites excluding steroid dienone is 5. The van der Waals surface area contributed by atoms with E-state index in [0.717, 1.165) is 12.0 Å². The fourth-order valence-electron chi connectivity index (χ4n) is 3.54. The molecule has 0 amide bonds. The third-order valence-electron chi connectivity index (χ3n) is 5.04. The molecule has 6 nitrogen and oxygen atoms in total. The van der Waals surface area contributed by atoms with Gasteiger partial charge in [-0.05, 0) is 35.1 Å². The van der Waals surface area contributed by atoms with Crippen LogP contribution in [0.1, 0.15) is 42.1 Å². The lowest BCUT2D eigenvalue weighted by molar-refractivity contribution is -0.137. The van der Waals surface area contributed by atoms with Gasteiger partial charge in [0.05, 0.1) is 18.4 Å². The molecule has 0 aliphatic heterocycles. The molecular formula is C23H23NO5. The van der Waals surface area contributed by atoms with Gasteiger partial charge in [-0.3, -0.25) is 19.0 Å². The average molecular weight is 393 g/mol. The number of aromatic nitrogens is 1. The number of carbonyl (C=O) groups excluding carboxylic acids is 1. The topological polar surface area (TPSA) is 96.6 Å². The fourth-order valence-corrected chi connectivity index (χ4v) is 3.54. The van der Waals surface area contributed by atoms with Crippen LogP contribution in [0.25, 0.3) is 17.0 Å². The molecule has 6 heteroatoms. The number of nitrogens with zero attached hydrogens (tertiary/aromatic N) is 1. The normalized spacial score (nSPS) is 16.3. The van der Waals surface area contributed by atoms with E-state index in [1.165, 1.54) is 16.3 Å². The van der Waals surface area contributed by atoms with Crippen LogP contribution in [0.2, 0.25) is 0 Å². The highest BCUT2D eigenvalue weighted by Gasteiger charge is 2.18. The van der Waals surface area contributed by atoms with Gasteiger partial charge in [0.25, 0.3) is 0 Å². The first-order chi connectivity index (χ1) is 13.9. The first kappa shape index (κ1) is 20.3. The van der Waals surface area contributed by atoms with Gasteiger partial charge in [0.2, 0.25) is 5.91 Å². The molecule has 0 saturated heterocycles. The zero-order valence-electron chi connectivity index (χ0n) is 16.2. The van der Waals surface area contributed by atoms with Crippen LogP contribution in [-0.2, 0) is 16.0 Å². The van der Waals surface area contributed by atoms with Crippen molar-refractivity contribution in [2.24, 2.45) is 5.92 Å². The van der Waals surface area contributed by atoms with Crippen molar-refractivity contribution < 1.29 is 24.6 Å². The van der Waals surface area contributed by atoms with Gasteiger partial charge < -0.3 is 10.2 Å². The van der Waals surface area contributed by atoms with Crippen LogP contribution in [0.4, 0.5) is 0 Å². The van der Waals surface area contributed by atoms with Crippen molar-refractivity contribution in [2.75, 3.05) is 0 Å². The zero-order valence-corrected chi connectivity index (χ0v) is 16.2. The average Bonchev–Trinajstić information content (AvgIpc) is 3.04. The monoisotopic (exact) mass is 393 g/mol. The summed E-state index contributed by atoms with van der Waals surface area (Å²) in [5.41, 5.74) is 3.12. The molecule has 1 aromatic heterocycles. The van der Waals surface area contributed by atoms with Gasteiger partial charge in [-0.15, -0.1) is 0 Å². The highest BCUT2D eigenvalue weighted by molar-refractivity contribution is 6.00. The Bertz CT molecular complexity index is 1050. The Morgan fingerprint density at radius 3 is 2.62 bits per heavy atom. The fraction of sp³-hybridized carbons (Fsp3) is 0.261. The maximum Gasteiger partial charge on any atom is 0.307 e. The summed E-state index contributed by atoms with van der Waals surface area (Å²) in [4.78, 5) is 34.7. The van der Waals surface area contributed by atoms with Crippen LogP contribution >= 0.6 is 0 Å². The van der Waals surface area contributed by atoms with E-state index in [4.69, 9.17) is 5.11 Å². The zero-order chi connectivity index (χ0) is 21.0. The lowest BCUT2D eigenvalue weighted by atomic mass is 9.92. The minimum Gasteiger partial charge on any atom is -0.481 e. The summed E-state index contributed by atoms with van der Waals surface area (Å²) in [7, 11) is 0. The number of benzene rings is 1. The number of fused-ring (bicyclic) bond motifs is 1. The molecule has 1 atom stereocenters. The van der Waals surface area contributed by atoms with E-state index in [1.807, 2.05) is 30.4 Å². The molecule has 1 aliphatic rings. The molecule has 3 rings (SSSR count). The van der Waals surface area contributed by atoms with Crippen molar-refractivity contribution in [3.8, 4) is 0 Å². The van der Waals surface area contributed by atoms with E-state index in [0.29, 0.717) is 22.4 Å². The Hall–Kier alpha value is -3.41. The number of carboxylic acid groups (broad SMARTS) is 2. The minimum absolute atomic E-state index is 0.150. The Kier molecular flexibility index (Phi) is 6.12. The van der Waals surface area contributed by atoms with Gasteiger partial charge in [0.1, 0.15) is 0 Å². The molecule has 2 N–H and O–H groups in total. The molecule has 0 bridgehead atoms. The molecule has 0 radical (unpaired) electrons. The third kappa shape index (κ3) is 4.71.